The van der Waals surface area contributed by atoms with Gasteiger partial charge in [0, 0.05) is 23.6 Å². The quantitative estimate of drug-likeness (QED) is 0.705. The molecule has 1 aromatic carbocycles. The first-order chi connectivity index (χ1) is 7.31. The molecule has 0 spiro atoms. The molecule has 1 unspecified atom stereocenters. The molecule has 1 atom stereocenters. The highest BCUT2D eigenvalue weighted by Crippen LogP contribution is 2.19. The van der Waals surface area contributed by atoms with Crippen molar-refractivity contribution in [1.29, 1.82) is 0 Å². The van der Waals surface area contributed by atoms with Crippen molar-refractivity contribution < 1.29 is 5.11 Å². The van der Waals surface area contributed by atoms with E-state index in [0.29, 0.717) is 6.54 Å². The van der Waals surface area contributed by atoms with Crippen molar-refractivity contribution in [1.82, 2.24) is 4.98 Å². The Kier molecular flexibility index (Phi) is 3.04. The highest BCUT2D eigenvalue weighted by atomic mass is 16.3. The maximum Gasteiger partial charge on any atom is 0.0665 e. The standard InChI is InChI=1S/C12H16N2O/c13-7-10(15)6-5-9-8-14-12-4-2-1-3-11(9)12/h1-4,8,10,14-15H,5-7,13H2. The molecular weight excluding hydrogens is 188 g/mol. The van der Waals surface area contributed by atoms with Crippen molar-refractivity contribution >= 4 is 10.9 Å². The van der Waals surface area contributed by atoms with Gasteiger partial charge >= 0.3 is 0 Å². The second-order valence-electron chi connectivity index (χ2n) is 3.79. The minimum atomic E-state index is -0.390. The summed E-state index contributed by atoms with van der Waals surface area (Å²) < 4.78 is 0. The Morgan fingerprint density at radius 1 is 1.33 bits per heavy atom. The third kappa shape index (κ3) is 2.19. The number of hydrogen-bond donors (Lipinski definition) is 3. The predicted octanol–water partition coefficient (Wildman–Crippen LogP) is 1.42. The van der Waals surface area contributed by atoms with Crippen LogP contribution in [0.1, 0.15) is 12.0 Å². The molecule has 0 aliphatic heterocycles. The number of aliphatic hydroxyl groups excluding tert-OH is 1. The summed E-state index contributed by atoms with van der Waals surface area (Å²) in [7, 11) is 0. The lowest BCUT2D eigenvalue weighted by Gasteiger charge is -2.05. The molecule has 2 aromatic rings. The van der Waals surface area contributed by atoms with Crippen LogP contribution >= 0.6 is 0 Å². The molecule has 0 bridgehead atoms. The Hall–Kier alpha value is -1.32. The summed E-state index contributed by atoms with van der Waals surface area (Å²) in [5.41, 5.74) is 7.76. The van der Waals surface area contributed by atoms with Gasteiger partial charge in [0.05, 0.1) is 6.10 Å². The molecule has 0 saturated carbocycles. The molecule has 0 saturated heterocycles. The van der Waals surface area contributed by atoms with Crippen LogP contribution < -0.4 is 5.73 Å². The molecule has 1 aromatic heterocycles. The maximum atomic E-state index is 9.39. The van der Waals surface area contributed by atoms with Crippen molar-refractivity contribution in [3.8, 4) is 0 Å². The van der Waals surface area contributed by atoms with Gasteiger partial charge in [-0.1, -0.05) is 18.2 Å². The van der Waals surface area contributed by atoms with Crippen molar-refractivity contribution in [2.24, 2.45) is 5.73 Å². The van der Waals surface area contributed by atoms with E-state index in [4.69, 9.17) is 5.73 Å². The van der Waals surface area contributed by atoms with E-state index in [9.17, 15) is 5.11 Å². The second kappa shape index (κ2) is 4.47. The van der Waals surface area contributed by atoms with E-state index in [0.717, 1.165) is 18.4 Å². The van der Waals surface area contributed by atoms with Crippen LogP contribution in [0.3, 0.4) is 0 Å². The van der Waals surface area contributed by atoms with Gasteiger partial charge in [-0.15, -0.1) is 0 Å². The lowest BCUT2D eigenvalue weighted by molar-refractivity contribution is 0.173. The Labute approximate surface area is 88.9 Å². The van der Waals surface area contributed by atoms with Crippen molar-refractivity contribution in [2.75, 3.05) is 6.54 Å². The van der Waals surface area contributed by atoms with Gasteiger partial charge in [0.2, 0.25) is 0 Å². The average Bonchev–Trinajstić information content (AvgIpc) is 2.69. The largest absolute Gasteiger partial charge is 0.392 e. The predicted molar refractivity (Wildman–Crippen MR) is 61.7 cm³/mol. The Bertz CT molecular complexity index is 436. The topological polar surface area (TPSA) is 62.0 Å². The molecule has 80 valence electrons. The minimum absolute atomic E-state index is 0.336. The average molecular weight is 204 g/mol. The van der Waals surface area contributed by atoms with E-state index >= 15 is 0 Å². The summed E-state index contributed by atoms with van der Waals surface area (Å²) in [5.74, 6) is 0. The number of H-pyrrole nitrogens is 1. The lowest BCUT2D eigenvalue weighted by Crippen LogP contribution is -2.19. The fourth-order valence-electron chi connectivity index (χ4n) is 1.78. The zero-order valence-electron chi connectivity index (χ0n) is 8.61. The number of benzene rings is 1. The first kappa shape index (κ1) is 10.2. The Morgan fingerprint density at radius 3 is 2.93 bits per heavy atom. The van der Waals surface area contributed by atoms with Crippen LogP contribution in [0.2, 0.25) is 0 Å². The summed E-state index contributed by atoms with van der Waals surface area (Å²) in [4.78, 5) is 3.22. The molecule has 0 fully saturated rings. The Balaban J connectivity index is 2.14. The molecular formula is C12H16N2O. The normalized spacial score (nSPS) is 13.2. The Morgan fingerprint density at radius 2 is 2.13 bits per heavy atom. The number of rotatable bonds is 4. The number of nitrogens with one attached hydrogen (secondary N) is 1. The van der Waals surface area contributed by atoms with Crippen molar-refractivity contribution in [2.45, 2.75) is 18.9 Å². The van der Waals surface area contributed by atoms with E-state index in [1.165, 1.54) is 10.9 Å². The molecule has 0 radical (unpaired) electrons. The van der Waals surface area contributed by atoms with Gasteiger partial charge in [0.15, 0.2) is 0 Å². The summed E-state index contributed by atoms with van der Waals surface area (Å²) in [6.45, 7) is 0.336. The van der Waals surface area contributed by atoms with Gasteiger partial charge < -0.3 is 15.8 Å². The van der Waals surface area contributed by atoms with E-state index < -0.39 is 6.10 Å². The van der Waals surface area contributed by atoms with E-state index in [1.807, 2.05) is 18.3 Å². The molecule has 1 heterocycles. The first-order valence-corrected chi connectivity index (χ1v) is 5.24. The number of hydrogen-bond acceptors (Lipinski definition) is 2. The van der Waals surface area contributed by atoms with E-state index in [1.54, 1.807) is 0 Å². The molecule has 15 heavy (non-hydrogen) atoms. The van der Waals surface area contributed by atoms with Gasteiger partial charge in [0.1, 0.15) is 0 Å². The molecule has 2 rings (SSSR count). The van der Waals surface area contributed by atoms with Crippen LogP contribution in [0.5, 0.6) is 0 Å². The van der Waals surface area contributed by atoms with Crippen LogP contribution in [0.4, 0.5) is 0 Å². The molecule has 4 N–H and O–H groups in total. The maximum absolute atomic E-state index is 9.39. The highest BCUT2D eigenvalue weighted by molar-refractivity contribution is 5.82. The van der Waals surface area contributed by atoms with Crippen LogP contribution in [0, 0.1) is 0 Å². The molecule has 0 aliphatic rings. The van der Waals surface area contributed by atoms with Gasteiger partial charge in [-0.2, -0.15) is 0 Å². The van der Waals surface area contributed by atoms with Crippen LogP contribution in [-0.4, -0.2) is 22.7 Å². The summed E-state index contributed by atoms with van der Waals surface area (Å²) in [5, 5.41) is 10.6. The zero-order valence-corrected chi connectivity index (χ0v) is 8.61. The number of aromatic amines is 1. The number of para-hydroxylation sites is 1. The monoisotopic (exact) mass is 204 g/mol. The lowest BCUT2D eigenvalue weighted by atomic mass is 10.1. The number of aliphatic hydroxyl groups is 1. The molecule has 3 heteroatoms. The smallest absolute Gasteiger partial charge is 0.0665 e. The first-order valence-electron chi connectivity index (χ1n) is 5.24. The van der Waals surface area contributed by atoms with Crippen molar-refractivity contribution in [3.63, 3.8) is 0 Å². The highest BCUT2D eigenvalue weighted by Gasteiger charge is 2.05. The van der Waals surface area contributed by atoms with E-state index in [-0.39, 0.29) is 0 Å². The summed E-state index contributed by atoms with van der Waals surface area (Å²) in [6, 6.07) is 8.19. The van der Waals surface area contributed by atoms with Gasteiger partial charge in [-0.3, -0.25) is 0 Å². The SMILES string of the molecule is NCC(O)CCc1c[nH]c2ccccc12. The number of aryl methyl sites for hydroxylation is 1. The van der Waals surface area contributed by atoms with E-state index in [2.05, 4.69) is 17.1 Å². The summed E-state index contributed by atoms with van der Waals surface area (Å²) in [6.07, 6.45) is 3.20. The zero-order chi connectivity index (χ0) is 10.7. The third-order valence-corrected chi connectivity index (χ3v) is 2.69. The fourth-order valence-corrected chi connectivity index (χ4v) is 1.78. The minimum Gasteiger partial charge on any atom is -0.392 e. The van der Waals surface area contributed by atoms with Gasteiger partial charge in [-0.05, 0) is 24.5 Å². The number of aromatic nitrogens is 1. The fraction of sp³-hybridized carbons (Fsp3) is 0.333. The molecule has 0 aliphatic carbocycles. The second-order valence-corrected chi connectivity index (χ2v) is 3.79. The van der Waals surface area contributed by atoms with Crippen LogP contribution in [-0.2, 0) is 6.42 Å². The van der Waals surface area contributed by atoms with Gasteiger partial charge in [-0.25, -0.2) is 0 Å². The third-order valence-electron chi connectivity index (χ3n) is 2.69. The van der Waals surface area contributed by atoms with Crippen LogP contribution in [0.25, 0.3) is 10.9 Å². The van der Waals surface area contributed by atoms with Crippen LogP contribution in [0.15, 0.2) is 30.5 Å². The molecule has 3 nitrogen and oxygen atoms in total. The van der Waals surface area contributed by atoms with Crippen molar-refractivity contribution in [3.05, 3.63) is 36.0 Å². The van der Waals surface area contributed by atoms with Gasteiger partial charge in [0.25, 0.3) is 0 Å². The summed E-state index contributed by atoms with van der Waals surface area (Å²) >= 11 is 0. The number of fused-ring (bicyclic) bond motifs is 1. The molecule has 0 amide bonds. The number of nitrogens with two attached hydrogens (primary N) is 1.